The molecule has 0 amide bonds. The molecule has 1 atom stereocenters. The van der Waals surface area contributed by atoms with Crippen molar-refractivity contribution in [1.82, 2.24) is 14.8 Å². The van der Waals surface area contributed by atoms with Crippen LogP contribution >= 0.6 is 0 Å². The van der Waals surface area contributed by atoms with Crippen LogP contribution in [0.5, 0.6) is 0 Å². The number of anilines is 1. The number of pyridine rings is 1. The van der Waals surface area contributed by atoms with Crippen LogP contribution in [0, 0.1) is 0 Å². The molecule has 156 valence electrons. The predicted molar refractivity (Wildman–Crippen MR) is 108 cm³/mol. The molecule has 3 heterocycles. The van der Waals surface area contributed by atoms with Crippen molar-refractivity contribution in [1.29, 1.82) is 0 Å². The van der Waals surface area contributed by atoms with Crippen LogP contribution in [0.2, 0.25) is 0 Å². The number of halogens is 3. The fourth-order valence-electron chi connectivity index (χ4n) is 4.42. The van der Waals surface area contributed by atoms with Crippen LogP contribution in [-0.4, -0.2) is 60.1 Å². The number of piperidine rings is 1. The molecule has 7 heteroatoms. The zero-order chi connectivity index (χ0) is 20.3. The molecule has 2 aliphatic heterocycles. The van der Waals surface area contributed by atoms with E-state index in [9.17, 15) is 13.2 Å². The van der Waals surface area contributed by atoms with Gasteiger partial charge < -0.3 is 4.90 Å². The quantitative estimate of drug-likeness (QED) is 0.771. The second-order valence-electron chi connectivity index (χ2n) is 7.92. The number of hydrogen-bond donors (Lipinski definition) is 0. The van der Waals surface area contributed by atoms with Crippen molar-refractivity contribution in [2.24, 2.45) is 0 Å². The average Bonchev–Trinajstić information content (AvgIpc) is 2.74. The maximum atomic E-state index is 13.0. The molecular formula is C22H27F3N4. The number of likely N-dealkylation sites (tertiary alicyclic amines) is 1. The van der Waals surface area contributed by atoms with Crippen LogP contribution in [0.1, 0.15) is 24.1 Å². The average molecular weight is 404 g/mol. The van der Waals surface area contributed by atoms with Crippen LogP contribution in [0.3, 0.4) is 0 Å². The number of hydrogen-bond acceptors (Lipinski definition) is 4. The minimum absolute atomic E-state index is 0.510. The Balaban J connectivity index is 1.32. The van der Waals surface area contributed by atoms with E-state index in [1.54, 1.807) is 6.07 Å². The van der Waals surface area contributed by atoms with Crippen LogP contribution in [-0.2, 0) is 12.7 Å². The van der Waals surface area contributed by atoms with Gasteiger partial charge in [0.05, 0.1) is 11.3 Å². The summed E-state index contributed by atoms with van der Waals surface area (Å²) >= 11 is 0. The molecular weight excluding hydrogens is 377 g/mol. The molecule has 1 unspecified atom stereocenters. The van der Waals surface area contributed by atoms with E-state index in [-0.39, 0.29) is 0 Å². The smallest absolute Gasteiger partial charge is 0.369 e. The van der Waals surface area contributed by atoms with Gasteiger partial charge in [0, 0.05) is 57.2 Å². The molecule has 2 saturated heterocycles. The van der Waals surface area contributed by atoms with E-state index in [1.807, 2.05) is 18.3 Å². The molecule has 2 aromatic rings. The van der Waals surface area contributed by atoms with Crippen molar-refractivity contribution in [3.63, 3.8) is 0 Å². The first kappa shape index (κ1) is 20.2. The highest BCUT2D eigenvalue weighted by Crippen LogP contribution is 2.32. The van der Waals surface area contributed by atoms with E-state index < -0.39 is 11.7 Å². The highest BCUT2D eigenvalue weighted by Gasteiger charge is 2.32. The Hall–Kier alpha value is -2.12. The molecule has 0 saturated carbocycles. The van der Waals surface area contributed by atoms with E-state index in [0.29, 0.717) is 11.7 Å². The monoisotopic (exact) mass is 404 g/mol. The Kier molecular flexibility index (Phi) is 6.06. The lowest BCUT2D eigenvalue weighted by Gasteiger charge is -2.44. The zero-order valence-corrected chi connectivity index (χ0v) is 16.5. The van der Waals surface area contributed by atoms with Crippen molar-refractivity contribution in [3.05, 3.63) is 59.9 Å². The highest BCUT2D eigenvalue weighted by atomic mass is 19.4. The first-order chi connectivity index (χ1) is 14.0. The third kappa shape index (κ3) is 5.08. The summed E-state index contributed by atoms with van der Waals surface area (Å²) in [6, 6.07) is 12.2. The van der Waals surface area contributed by atoms with Gasteiger partial charge in [0.1, 0.15) is 0 Å². The van der Waals surface area contributed by atoms with E-state index in [4.69, 9.17) is 0 Å². The third-order valence-electron chi connectivity index (χ3n) is 5.96. The second kappa shape index (κ2) is 8.71. The normalized spacial score (nSPS) is 22.0. The van der Waals surface area contributed by atoms with Crippen LogP contribution in [0.25, 0.3) is 0 Å². The summed E-state index contributed by atoms with van der Waals surface area (Å²) in [7, 11) is 0. The molecule has 4 rings (SSSR count). The van der Waals surface area contributed by atoms with Gasteiger partial charge in [-0.25, -0.2) is 0 Å². The van der Waals surface area contributed by atoms with Gasteiger partial charge in [-0.05, 0) is 49.7 Å². The Morgan fingerprint density at radius 3 is 2.52 bits per heavy atom. The molecule has 4 nitrogen and oxygen atoms in total. The Morgan fingerprint density at radius 2 is 1.79 bits per heavy atom. The van der Waals surface area contributed by atoms with E-state index in [1.165, 1.54) is 25.0 Å². The molecule has 1 aromatic heterocycles. The molecule has 0 radical (unpaired) electrons. The molecule has 0 aliphatic carbocycles. The maximum Gasteiger partial charge on any atom is 0.416 e. The standard InChI is InChI=1S/C22H27F3N4/c23-22(24,25)18-5-3-7-20(15-18)28-11-13-29(14-12-28)21-8-4-10-27(17-21)16-19-6-1-2-9-26-19/h1-3,5-7,9,15,21H,4,8,10-14,16-17H2. The summed E-state index contributed by atoms with van der Waals surface area (Å²) < 4.78 is 39.0. The van der Waals surface area contributed by atoms with Gasteiger partial charge in [-0.3, -0.25) is 14.8 Å². The van der Waals surface area contributed by atoms with Crippen LogP contribution in [0.15, 0.2) is 48.7 Å². The highest BCUT2D eigenvalue weighted by molar-refractivity contribution is 5.49. The summed E-state index contributed by atoms with van der Waals surface area (Å²) in [4.78, 5) is 11.5. The summed E-state index contributed by atoms with van der Waals surface area (Å²) in [6.45, 7) is 6.30. The summed E-state index contributed by atoms with van der Waals surface area (Å²) in [5.74, 6) is 0. The van der Waals surface area contributed by atoms with Gasteiger partial charge >= 0.3 is 6.18 Å². The lowest BCUT2D eigenvalue weighted by atomic mass is 10.0. The molecule has 29 heavy (non-hydrogen) atoms. The summed E-state index contributed by atoms with van der Waals surface area (Å²) in [5.41, 5.74) is 1.19. The summed E-state index contributed by atoms with van der Waals surface area (Å²) in [5, 5.41) is 0. The van der Waals surface area contributed by atoms with Crippen molar-refractivity contribution in [2.45, 2.75) is 31.6 Å². The molecule has 2 aliphatic rings. The van der Waals surface area contributed by atoms with E-state index >= 15 is 0 Å². The number of nitrogens with zero attached hydrogens (tertiary/aromatic N) is 4. The molecule has 0 spiro atoms. The maximum absolute atomic E-state index is 13.0. The molecule has 0 N–H and O–H groups in total. The number of aromatic nitrogens is 1. The van der Waals surface area contributed by atoms with Gasteiger partial charge in [-0.1, -0.05) is 12.1 Å². The summed E-state index contributed by atoms with van der Waals surface area (Å²) in [6.07, 6.45) is -0.103. The van der Waals surface area contributed by atoms with Crippen LogP contribution in [0.4, 0.5) is 18.9 Å². The largest absolute Gasteiger partial charge is 0.416 e. The number of rotatable bonds is 4. The van der Waals surface area contributed by atoms with E-state index in [0.717, 1.165) is 57.6 Å². The lowest BCUT2D eigenvalue weighted by molar-refractivity contribution is -0.137. The minimum atomic E-state index is -4.29. The van der Waals surface area contributed by atoms with Gasteiger partial charge in [0.15, 0.2) is 0 Å². The second-order valence-corrected chi connectivity index (χ2v) is 7.92. The number of piperazine rings is 1. The molecule has 2 fully saturated rings. The van der Waals surface area contributed by atoms with Crippen molar-refractivity contribution >= 4 is 5.69 Å². The third-order valence-corrected chi connectivity index (χ3v) is 5.96. The first-order valence-corrected chi connectivity index (χ1v) is 10.3. The molecule has 1 aromatic carbocycles. The van der Waals surface area contributed by atoms with E-state index in [2.05, 4.69) is 25.8 Å². The van der Waals surface area contributed by atoms with Gasteiger partial charge in [0.25, 0.3) is 0 Å². The van der Waals surface area contributed by atoms with Gasteiger partial charge in [0.2, 0.25) is 0 Å². The first-order valence-electron chi connectivity index (χ1n) is 10.3. The van der Waals surface area contributed by atoms with Gasteiger partial charge in [-0.15, -0.1) is 0 Å². The lowest BCUT2D eigenvalue weighted by Crippen LogP contribution is -2.55. The fourth-order valence-corrected chi connectivity index (χ4v) is 4.42. The van der Waals surface area contributed by atoms with Crippen molar-refractivity contribution < 1.29 is 13.2 Å². The number of alkyl halides is 3. The van der Waals surface area contributed by atoms with Crippen molar-refractivity contribution in [2.75, 3.05) is 44.2 Å². The zero-order valence-electron chi connectivity index (χ0n) is 16.5. The molecule has 0 bridgehead atoms. The Labute approximate surface area is 169 Å². The topological polar surface area (TPSA) is 22.6 Å². The Morgan fingerprint density at radius 1 is 0.966 bits per heavy atom. The van der Waals surface area contributed by atoms with Crippen molar-refractivity contribution in [3.8, 4) is 0 Å². The van der Waals surface area contributed by atoms with Crippen LogP contribution < -0.4 is 4.90 Å². The predicted octanol–water partition coefficient (Wildman–Crippen LogP) is 3.89. The SMILES string of the molecule is FC(F)(F)c1cccc(N2CCN(C3CCCN(Cc4ccccn4)C3)CC2)c1. The fraction of sp³-hybridized carbons (Fsp3) is 0.500. The number of benzene rings is 1. The minimum Gasteiger partial charge on any atom is -0.369 e. The Bertz CT molecular complexity index is 788. The van der Waals surface area contributed by atoms with Gasteiger partial charge in [-0.2, -0.15) is 13.2 Å².